The molecule has 1 heterocycles. The van der Waals surface area contributed by atoms with E-state index in [4.69, 9.17) is 7.85 Å². The molecule has 3 rings (SSSR count). The quantitative estimate of drug-likeness (QED) is 0.595. The molecule has 0 fully saturated rings. The zero-order valence-electron chi connectivity index (χ0n) is 12.3. The summed E-state index contributed by atoms with van der Waals surface area (Å²) in [4.78, 5) is 1.25. The molecule has 0 atom stereocenters. The summed E-state index contributed by atoms with van der Waals surface area (Å²) in [7, 11) is 6.12. The molecule has 0 aliphatic rings. The Morgan fingerprint density at radius 1 is 0.810 bits per heavy atom. The molecule has 3 aromatic rings. The van der Waals surface area contributed by atoms with Crippen molar-refractivity contribution in [1.29, 1.82) is 0 Å². The van der Waals surface area contributed by atoms with Gasteiger partial charge in [0.25, 0.3) is 0 Å². The average molecular weight is 288 g/mol. The number of rotatable bonds is 3. The Balaban J connectivity index is 1.93. The smallest absolute Gasteiger partial charge is 0.129 e. The van der Waals surface area contributed by atoms with E-state index in [1.54, 1.807) is 11.3 Å². The van der Waals surface area contributed by atoms with Gasteiger partial charge in [-0.25, -0.2) is 0 Å². The molecule has 0 saturated heterocycles. The van der Waals surface area contributed by atoms with Crippen LogP contribution in [0.4, 0.5) is 0 Å². The molecular formula is C19H17BS. The van der Waals surface area contributed by atoms with Crippen molar-refractivity contribution in [2.24, 2.45) is 0 Å². The molecule has 0 unspecified atom stereocenters. The third-order valence-electron chi connectivity index (χ3n) is 3.69. The van der Waals surface area contributed by atoms with Crippen molar-refractivity contribution in [3.8, 4) is 21.6 Å². The molecule has 2 heteroatoms. The monoisotopic (exact) mass is 288 g/mol. The fourth-order valence-electron chi connectivity index (χ4n) is 2.47. The highest BCUT2D eigenvalue weighted by Gasteiger charge is 2.09. The summed E-state index contributed by atoms with van der Waals surface area (Å²) in [5.41, 5.74) is 4.98. The summed E-state index contributed by atoms with van der Waals surface area (Å²) in [6.07, 6.45) is 0. The van der Waals surface area contributed by atoms with Gasteiger partial charge in [0.2, 0.25) is 0 Å². The van der Waals surface area contributed by atoms with Crippen molar-refractivity contribution < 1.29 is 0 Å². The molecule has 102 valence electrons. The van der Waals surface area contributed by atoms with E-state index < -0.39 is 0 Å². The summed E-state index contributed by atoms with van der Waals surface area (Å²) in [6.45, 7) is 4.36. The SMILES string of the molecule is [B]c1sc(-c2ccc(-c3ccccc3)cc2)cc1C(C)C. The fourth-order valence-corrected chi connectivity index (χ4v) is 3.56. The highest BCUT2D eigenvalue weighted by molar-refractivity contribution is 7.23. The Hall–Kier alpha value is -1.80. The van der Waals surface area contributed by atoms with Gasteiger partial charge >= 0.3 is 0 Å². The van der Waals surface area contributed by atoms with E-state index in [9.17, 15) is 0 Å². The molecule has 0 amide bonds. The largest absolute Gasteiger partial charge is 0.152 e. The summed E-state index contributed by atoms with van der Waals surface area (Å²) in [5.74, 6) is 0.471. The zero-order valence-corrected chi connectivity index (χ0v) is 13.2. The van der Waals surface area contributed by atoms with E-state index in [0.29, 0.717) is 5.92 Å². The van der Waals surface area contributed by atoms with Crippen LogP contribution in [0.15, 0.2) is 60.7 Å². The number of hydrogen-bond donors (Lipinski definition) is 0. The van der Waals surface area contributed by atoms with Gasteiger partial charge in [-0.15, -0.1) is 0 Å². The molecular weight excluding hydrogens is 271 g/mol. The van der Waals surface area contributed by atoms with Crippen LogP contribution < -0.4 is 4.78 Å². The summed E-state index contributed by atoms with van der Waals surface area (Å²) in [6, 6.07) is 21.4. The molecule has 2 radical (unpaired) electrons. The van der Waals surface area contributed by atoms with E-state index in [1.807, 2.05) is 6.07 Å². The van der Waals surface area contributed by atoms with E-state index in [1.165, 1.54) is 27.1 Å². The third-order valence-corrected chi connectivity index (χ3v) is 4.72. The van der Waals surface area contributed by atoms with Crippen molar-refractivity contribution in [3.05, 3.63) is 66.2 Å². The topological polar surface area (TPSA) is 0 Å². The van der Waals surface area contributed by atoms with E-state index >= 15 is 0 Å². The Morgan fingerprint density at radius 3 is 1.95 bits per heavy atom. The second kappa shape index (κ2) is 5.91. The lowest BCUT2D eigenvalue weighted by Crippen LogP contribution is -2.03. The van der Waals surface area contributed by atoms with Crippen molar-refractivity contribution >= 4 is 24.0 Å². The molecule has 0 N–H and O–H groups in total. The minimum atomic E-state index is 0.471. The molecule has 21 heavy (non-hydrogen) atoms. The molecule has 0 bridgehead atoms. The predicted molar refractivity (Wildman–Crippen MR) is 94.7 cm³/mol. The highest BCUT2D eigenvalue weighted by atomic mass is 32.1. The van der Waals surface area contributed by atoms with Crippen LogP contribution >= 0.6 is 11.3 Å². The minimum absolute atomic E-state index is 0.471. The lowest BCUT2D eigenvalue weighted by Gasteiger charge is -2.03. The van der Waals surface area contributed by atoms with Crippen molar-refractivity contribution in [2.45, 2.75) is 19.8 Å². The molecule has 0 spiro atoms. The van der Waals surface area contributed by atoms with E-state index in [2.05, 4.69) is 68.4 Å². The van der Waals surface area contributed by atoms with Crippen LogP contribution in [0.2, 0.25) is 0 Å². The third kappa shape index (κ3) is 2.96. The van der Waals surface area contributed by atoms with E-state index in [0.717, 1.165) is 4.78 Å². The molecule has 1 aromatic heterocycles. The van der Waals surface area contributed by atoms with Crippen LogP contribution in [0, 0.1) is 0 Å². The predicted octanol–water partition coefficient (Wildman–Crippen LogP) is 5.00. The number of benzene rings is 2. The summed E-state index contributed by atoms with van der Waals surface area (Å²) >= 11 is 1.68. The maximum absolute atomic E-state index is 6.12. The average Bonchev–Trinajstić information content (AvgIpc) is 2.90. The fraction of sp³-hybridized carbons (Fsp3) is 0.158. The Morgan fingerprint density at radius 2 is 1.38 bits per heavy atom. The standard InChI is InChI=1S/C19H17BS/c1-13(2)17-12-18(21-19(17)20)16-10-8-15(9-11-16)14-6-4-3-5-7-14/h3-13H,1-2H3. The molecule has 2 aromatic carbocycles. The van der Waals surface area contributed by atoms with Crippen molar-refractivity contribution in [1.82, 2.24) is 0 Å². The van der Waals surface area contributed by atoms with Gasteiger partial charge in [-0.05, 0) is 39.0 Å². The first kappa shape index (κ1) is 14.2. The zero-order chi connectivity index (χ0) is 14.8. The maximum atomic E-state index is 6.12. The normalized spacial score (nSPS) is 11.0. The van der Waals surface area contributed by atoms with Crippen LogP contribution in [0.3, 0.4) is 0 Å². The lowest BCUT2D eigenvalue weighted by atomic mass is 9.94. The number of thiophene rings is 1. The van der Waals surface area contributed by atoms with Gasteiger partial charge in [0.05, 0.1) is 0 Å². The van der Waals surface area contributed by atoms with Gasteiger partial charge in [0, 0.05) is 4.88 Å². The Kier molecular flexibility index (Phi) is 3.98. The van der Waals surface area contributed by atoms with Crippen LogP contribution in [-0.2, 0) is 0 Å². The van der Waals surface area contributed by atoms with Gasteiger partial charge in [0.1, 0.15) is 7.85 Å². The minimum Gasteiger partial charge on any atom is -0.152 e. The lowest BCUT2D eigenvalue weighted by molar-refractivity contribution is 0.878. The summed E-state index contributed by atoms with van der Waals surface area (Å²) in [5, 5.41) is 0. The first-order valence-corrected chi connectivity index (χ1v) is 8.02. The van der Waals surface area contributed by atoms with Gasteiger partial charge in [0.15, 0.2) is 0 Å². The summed E-state index contributed by atoms with van der Waals surface area (Å²) < 4.78 is 0.937. The van der Waals surface area contributed by atoms with Crippen molar-refractivity contribution in [2.75, 3.05) is 0 Å². The van der Waals surface area contributed by atoms with E-state index in [-0.39, 0.29) is 0 Å². The Labute approximate surface area is 131 Å². The first-order chi connectivity index (χ1) is 10.1. The molecule has 0 saturated carbocycles. The van der Waals surface area contributed by atoms with Crippen LogP contribution in [-0.4, -0.2) is 7.85 Å². The van der Waals surface area contributed by atoms with Crippen LogP contribution in [0.1, 0.15) is 25.3 Å². The highest BCUT2D eigenvalue weighted by Crippen LogP contribution is 2.30. The van der Waals surface area contributed by atoms with Crippen LogP contribution in [0.25, 0.3) is 21.6 Å². The number of hydrogen-bond acceptors (Lipinski definition) is 1. The molecule has 0 aliphatic carbocycles. The maximum Gasteiger partial charge on any atom is 0.129 e. The van der Waals surface area contributed by atoms with Gasteiger partial charge in [-0.3, -0.25) is 0 Å². The second-order valence-corrected chi connectivity index (χ2v) is 6.61. The van der Waals surface area contributed by atoms with Gasteiger partial charge in [-0.1, -0.05) is 68.4 Å². The van der Waals surface area contributed by atoms with Crippen LogP contribution in [0.5, 0.6) is 0 Å². The van der Waals surface area contributed by atoms with Gasteiger partial charge in [-0.2, -0.15) is 11.3 Å². The first-order valence-electron chi connectivity index (χ1n) is 7.20. The molecule has 0 aliphatic heterocycles. The van der Waals surface area contributed by atoms with Gasteiger partial charge < -0.3 is 0 Å². The molecule has 0 nitrogen and oxygen atoms in total. The Bertz CT molecular complexity index is 724. The second-order valence-electron chi connectivity index (χ2n) is 5.53. The van der Waals surface area contributed by atoms with Crippen molar-refractivity contribution in [3.63, 3.8) is 0 Å².